The maximum absolute atomic E-state index is 10.6. The van der Waals surface area contributed by atoms with Crippen LogP contribution in [0.3, 0.4) is 0 Å². The highest BCUT2D eigenvalue weighted by Crippen LogP contribution is 2.32. The van der Waals surface area contributed by atoms with Crippen molar-refractivity contribution in [1.82, 2.24) is 0 Å². The third-order valence-corrected chi connectivity index (χ3v) is 6.09. The molecule has 0 bridgehead atoms. The lowest BCUT2D eigenvalue weighted by Gasteiger charge is -2.47. The molecule has 3 heterocycles. The summed E-state index contributed by atoms with van der Waals surface area (Å²) in [7, 11) is 0. The molecule has 0 aromatic heterocycles. The van der Waals surface area contributed by atoms with E-state index in [9.17, 15) is 56.2 Å². The lowest BCUT2D eigenvalue weighted by Crippen LogP contribution is -2.66. The number of rotatable bonds is 7. The molecule has 16 heteroatoms. The van der Waals surface area contributed by atoms with Crippen molar-refractivity contribution in [2.45, 2.75) is 92.1 Å². The van der Waals surface area contributed by atoms with Crippen LogP contribution in [-0.2, 0) is 23.7 Å². The zero-order chi connectivity index (χ0) is 25.3. The van der Waals surface area contributed by atoms with Gasteiger partial charge in [0.05, 0.1) is 19.8 Å². The number of aliphatic hydroxyl groups excluding tert-OH is 11. The Bertz CT molecular complexity index is 635. The highest BCUT2D eigenvalue weighted by atomic mass is 16.8. The van der Waals surface area contributed by atoms with Crippen LogP contribution in [0.1, 0.15) is 0 Å². The molecule has 0 radical (unpaired) electrons. The molecule has 16 nitrogen and oxygen atoms in total. The van der Waals surface area contributed by atoms with Crippen molar-refractivity contribution in [3.63, 3.8) is 0 Å². The quantitative estimate of drug-likeness (QED) is 0.154. The van der Waals surface area contributed by atoms with E-state index in [1.807, 2.05) is 0 Å². The van der Waals surface area contributed by atoms with Crippen LogP contribution in [0.5, 0.6) is 0 Å². The van der Waals surface area contributed by atoms with Gasteiger partial charge in [-0.25, -0.2) is 0 Å². The summed E-state index contributed by atoms with van der Waals surface area (Å²) in [6, 6.07) is 0. The van der Waals surface area contributed by atoms with E-state index in [2.05, 4.69) is 0 Å². The molecule has 0 aliphatic carbocycles. The van der Waals surface area contributed by atoms with Crippen molar-refractivity contribution in [3.05, 3.63) is 0 Å². The topological polar surface area (TPSA) is 269 Å². The average molecular weight is 504 g/mol. The summed E-state index contributed by atoms with van der Waals surface area (Å²) in [6.45, 7) is -2.32. The minimum absolute atomic E-state index is 0.741. The first kappa shape index (κ1) is 27.9. The van der Waals surface area contributed by atoms with Crippen molar-refractivity contribution < 1.29 is 79.9 Å². The summed E-state index contributed by atoms with van der Waals surface area (Å²) in [6.07, 6.45) is -25.1. The summed E-state index contributed by atoms with van der Waals surface area (Å²) in [5, 5.41) is 109. The number of hydrogen-bond donors (Lipinski definition) is 11. The Balaban J connectivity index is 1.72. The molecule has 3 saturated heterocycles. The van der Waals surface area contributed by atoms with E-state index >= 15 is 0 Å². The van der Waals surface area contributed by atoms with E-state index in [1.165, 1.54) is 0 Å². The Hall–Kier alpha value is -0.640. The third kappa shape index (κ3) is 5.37. The van der Waals surface area contributed by atoms with Crippen LogP contribution in [-0.4, -0.2) is 168 Å². The molecular weight excluding hydrogens is 472 g/mol. The number of ether oxygens (including phenoxy) is 5. The first-order valence-electron chi connectivity index (χ1n) is 10.6. The van der Waals surface area contributed by atoms with Crippen LogP contribution in [0.4, 0.5) is 0 Å². The van der Waals surface area contributed by atoms with Crippen LogP contribution >= 0.6 is 0 Å². The summed E-state index contributed by atoms with van der Waals surface area (Å²) < 4.78 is 26.4. The predicted molar refractivity (Wildman–Crippen MR) is 101 cm³/mol. The first-order valence-corrected chi connectivity index (χ1v) is 10.6. The molecule has 0 aromatic rings. The molecule has 3 rings (SSSR count). The van der Waals surface area contributed by atoms with Crippen molar-refractivity contribution >= 4 is 0 Å². The SMILES string of the molecule is OC[C@H]1O[C@H](O[C@H]2[C@H](O)[C@H](O)[C@@H](O[C@H]3[C@H](O)[C@H](O)[C@H](O)O[C@@H]3CO)O[C@@H]2CO)[C@H](O)[C@@H](O)[C@@H]1O. The molecule has 3 fully saturated rings. The van der Waals surface area contributed by atoms with Gasteiger partial charge in [-0.2, -0.15) is 0 Å². The molecule has 0 unspecified atom stereocenters. The van der Waals surface area contributed by atoms with E-state index < -0.39 is 112 Å². The van der Waals surface area contributed by atoms with Gasteiger partial charge in [0.25, 0.3) is 0 Å². The van der Waals surface area contributed by atoms with E-state index in [0.29, 0.717) is 0 Å². The molecule has 0 spiro atoms. The standard InChI is InChI=1S/C18H32O16/c19-1-4-7(22)8(23)12(27)17(31-4)34-15-6(3-21)32-18(13(28)10(15)25)33-14-5(2-20)30-16(29)11(26)9(14)24/h4-29H,1-3H2/t4-,5-,6-,7-,8+,9-,10-,11+,12-,13+,14-,15-,16-,17-,18-/m1/s1. The largest absolute Gasteiger partial charge is 0.394 e. The number of hydrogen-bond acceptors (Lipinski definition) is 16. The normalized spacial score (nSPS) is 52.5. The summed E-state index contributed by atoms with van der Waals surface area (Å²) in [5.41, 5.74) is 0. The molecule has 15 atom stereocenters. The first-order chi connectivity index (χ1) is 16.0. The van der Waals surface area contributed by atoms with Crippen LogP contribution < -0.4 is 0 Å². The Morgan fingerprint density at radius 2 is 0.853 bits per heavy atom. The van der Waals surface area contributed by atoms with Crippen LogP contribution in [0.2, 0.25) is 0 Å². The Morgan fingerprint density at radius 3 is 1.35 bits per heavy atom. The lowest BCUT2D eigenvalue weighted by atomic mass is 9.96. The zero-order valence-electron chi connectivity index (χ0n) is 17.7. The van der Waals surface area contributed by atoms with Gasteiger partial charge in [-0.05, 0) is 0 Å². The van der Waals surface area contributed by atoms with Gasteiger partial charge in [0.15, 0.2) is 18.9 Å². The van der Waals surface area contributed by atoms with Gasteiger partial charge < -0.3 is 79.9 Å². The van der Waals surface area contributed by atoms with Gasteiger partial charge in [0, 0.05) is 0 Å². The molecule has 0 aromatic carbocycles. The molecule has 34 heavy (non-hydrogen) atoms. The van der Waals surface area contributed by atoms with Gasteiger partial charge in [0.2, 0.25) is 0 Å². The van der Waals surface area contributed by atoms with Crippen molar-refractivity contribution in [2.24, 2.45) is 0 Å². The van der Waals surface area contributed by atoms with Crippen LogP contribution in [0.15, 0.2) is 0 Å². The second kappa shape index (κ2) is 11.6. The van der Waals surface area contributed by atoms with Gasteiger partial charge in [-0.1, -0.05) is 0 Å². The molecule has 0 saturated carbocycles. The molecule has 0 amide bonds. The Labute approximate surface area is 192 Å². The summed E-state index contributed by atoms with van der Waals surface area (Å²) in [5.74, 6) is 0. The van der Waals surface area contributed by atoms with E-state index in [1.54, 1.807) is 0 Å². The van der Waals surface area contributed by atoms with Gasteiger partial charge in [-0.3, -0.25) is 0 Å². The summed E-state index contributed by atoms with van der Waals surface area (Å²) >= 11 is 0. The fraction of sp³-hybridized carbons (Fsp3) is 1.00. The highest BCUT2D eigenvalue weighted by Gasteiger charge is 2.53. The van der Waals surface area contributed by atoms with Crippen molar-refractivity contribution in [3.8, 4) is 0 Å². The van der Waals surface area contributed by atoms with Crippen LogP contribution in [0.25, 0.3) is 0 Å². The number of aliphatic hydroxyl groups is 11. The maximum Gasteiger partial charge on any atom is 0.187 e. The van der Waals surface area contributed by atoms with E-state index in [-0.39, 0.29) is 0 Å². The smallest absolute Gasteiger partial charge is 0.187 e. The minimum Gasteiger partial charge on any atom is -0.394 e. The van der Waals surface area contributed by atoms with E-state index in [0.717, 1.165) is 0 Å². The second-order valence-corrected chi connectivity index (χ2v) is 8.33. The lowest BCUT2D eigenvalue weighted by molar-refractivity contribution is -0.377. The van der Waals surface area contributed by atoms with Gasteiger partial charge in [-0.15, -0.1) is 0 Å². The third-order valence-electron chi connectivity index (χ3n) is 6.09. The minimum atomic E-state index is -1.91. The highest BCUT2D eigenvalue weighted by molar-refractivity contribution is 4.96. The molecule has 11 N–H and O–H groups in total. The fourth-order valence-electron chi connectivity index (χ4n) is 4.06. The molecule has 200 valence electrons. The average Bonchev–Trinajstić information content (AvgIpc) is 2.83. The van der Waals surface area contributed by atoms with Crippen LogP contribution in [0, 0.1) is 0 Å². The molecule has 3 aliphatic heterocycles. The van der Waals surface area contributed by atoms with E-state index in [4.69, 9.17) is 23.7 Å². The Morgan fingerprint density at radius 1 is 0.441 bits per heavy atom. The van der Waals surface area contributed by atoms with Gasteiger partial charge >= 0.3 is 0 Å². The monoisotopic (exact) mass is 504 g/mol. The molecule has 3 aliphatic rings. The second-order valence-electron chi connectivity index (χ2n) is 8.33. The fourth-order valence-corrected chi connectivity index (χ4v) is 4.06. The predicted octanol–water partition coefficient (Wildman–Crippen LogP) is -7.57. The van der Waals surface area contributed by atoms with Crippen molar-refractivity contribution in [2.75, 3.05) is 19.8 Å². The summed E-state index contributed by atoms with van der Waals surface area (Å²) in [4.78, 5) is 0. The maximum atomic E-state index is 10.6. The van der Waals surface area contributed by atoms with Crippen molar-refractivity contribution in [1.29, 1.82) is 0 Å². The van der Waals surface area contributed by atoms with Gasteiger partial charge in [0.1, 0.15) is 73.2 Å². The Kier molecular flexibility index (Phi) is 9.54. The molecular formula is C18H32O16. The zero-order valence-corrected chi connectivity index (χ0v) is 17.7.